The molecule has 1 N–H and O–H groups in total. The van der Waals surface area contributed by atoms with Crippen molar-refractivity contribution in [3.8, 4) is 17.3 Å². The Hall–Kier alpha value is -1.92. The zero-order valence-electron chi connectivity index (χ0n) is 11.6. The summed E-state index contributed by atoms with van der Waals surface area (Å²) in [7, 11) is 0. The fourth-order valence-corrected chi connectivity index (χ4v) is 2.72. The van der Waals surface area contributed by atoms with Crippen molar-refractivity contribution in [2.24, 2.45) is 0 Å². The van der Waals surface area contributed by atoms with Gasteiger partial charge >= 0.3 is 0 Å². The van der Waals surface area contributed by atoms with Gasteiger partial charge in [-0.15, -0.1) is 10.2 Å². The van der Waals surface area contributed by atoms with E-state index in [2.05, 4.69) is 32.2 Å². The Bertz CT molecular complexity index is 792. The largest absolute Gasteiger partial charge is 0.417 e. The molecule has 0 saturated carbocycles. The van der Waals surface area contributed by atoms with Crippen LogP contribution in [0.5, 0.6) is 0 Å². The molecule has 0 aliphatic carbocycles. The van der Waals surface area contributed by atoms with E-state index in [1.54, 1.807) is 0 Å². The molecule has 2 heterocycles. The summed E-state index contributed by atoms with van der Waals surface area (Å²) in [4.78, 5) is 0. The molecule has 2 aromatic heterocycles. The minimum atomic E-state index is -0.271. The molecule has 1 aromatic carbocycles. The SMILES string of the molecule is Cc1[c]c(C)n(-c2cccc(Br)c2)c1-c1nnc(CO)o1. The van der Waals surface area contributed by atoms with Gasteiger partial charge in [-0.05, 0) is 37.6 Å². The predicted molar refractivity (Wildman–Crippen MR) is 81.0 cm³/mol. The second kappa shape index (κ2) is 5.46. The van der Waals surface area contributed by atoms with E-state index < -0.39 is 0 Å². The van der Waals surface area contributed by atoms with Gasteiger partial charge in [-0.2, -0.15) is 0 Å². The molecule has 0 spiro atoms. The summed E-state index contributed by atoms with van der Waals surface area (Å²) in [5.41, 5.74) is 3.63. The number of aryl methyl sites for hydroxylation is 2. The topological polar surface area (TPSA) is 64.1 Å². The Morgan fingerprint density at radius 1 is 1.33 bits per heavy atom. The Balaban J connectivity index is 2.21. The molecule has 0 unspecified atom stereocenters. The molecule has 0 bridgehead atoms. The van der Waals surface area contributed by atoms with Crippen LogP contribution in [0.25, 0.3) is 17.3 Å². The van der Waals surface area contributed by atoms with Crippen LogP contribution in [0, 0.1) is 19.9 Å². The summed E-state index contributed by atoms with van der Waals surface area (Å²) < 4.78 is 8.47. The van der Waals surface area contributed by atoms with Crippen LogP contribution in [-0.2, 0) is 6.61 Å². The summed E-state index contributed by atoms with van der Waals surface area (Å²) >= 11 is 3.48. The van der Waals surface area contributed by atoms with E-state index in [-0.39, 0.29) is 12.5 Å². The molecule has 0 aliphatic heterocycles. The number of aliphatic hydroxyl groups is 1. The quantitative estimate of drug-likeness (QED) is 0.790. The van der Waals surface area contributed by atoms with Gasteiger partial charge in [-0.3, -0.25) is 0 Å². The number of aromatic nitrogens is 3. The van der Waals surface area contributed by atoms with Gasteiger partial charge in [0, 0.05) is 21.9 Å². The number of hydrogen-bond donors (Lipinski definition) is 1. The second-order valence-corrected chi connectivity index (χ2v) is 5.57. The van der Waals surface area contributed by atoms with Gasteiger partial charge in [-0.25, -0.2) is 0 Å². The van der Waals surface area contributed by atoms with Gasteiger partial charge < -0.3 is 14.1 Å². The molecule has 0 fully saturated rings. The van der Waals surface area contributed by atoms with Gasteiger partial charge in [0.2, 0.25) is 5.89 Å². The van der Waals surface area contributed by atoms with Gasteiger partial charge in [0.25, 0.3) is 5.89 Å². The van der Waals surface area contributed by atoms with Crippen molar-refractivity contribution in [1.29, 1.82) is 0 Å². The van der Waals surface area contributed by atoms with E-state index in [9.17, 15) is 0 Å². The van der Waals surface area contributed by atoms with Crippen molar-refractivity contribution < 1.29 is 9.52 Å². The highest BCUT2D eigenvalue weighted by Crippen LogP contribution is 2.30. The van der Waals surface area contributed by atoms with Crippen molar-refractivity contribution in [2.75, 3.05) is 0 Å². The average Bonchev–Trinajstić information content (AvgIpc) is 3.02. The summed E-state index contributed by atoms with van der Waals surface area (Å²) in [5, 5.41) is 16.9. The van der Waals surface area contributed by atoms with Crippen LogP contribution in [0.1, 0.15) is 17.1 Å². The average molecular weight is 347 g/mol. The maximum absolute atomic E-state index is 9.08. The van der Waals surface area contributed by atoms with E-state index in [4.69, 9.17) is 9.52 Å². The first-order valence-corrected chi connectivity index (χ1v) is 7.20. The van der Waals surface area contributed by atoms with Crippen LogP contribution in [-0.4, -0.2) is 19.9 Å². The second-order valence-electron chi connectivity index (χ2n) is 4.66. The lowest BCUT2D eigenvalue weighted by atomic mass is 10.2. The van der Waals surface area contributed by atoms with Crippen LogP contribution >= 0.6 is 15.9 Å². The smallest absolute Gasteiger partial charge is 0.265 e. The predicted octanol–water partition coefficient (Wildman–Crippen LogP) is 3.20. The number of nitrogens with zero attached hydrogens (tertiary/aromatic N) is 3. The molecule has 3 rings (SSSR count). The molecule has 107 valence electrons. The summed E-state index contributed by atoms with van der Waals surface area (Å²) in [6.45, 7) is 3.65. The van der Waals surface area contributed by atoms with Crippen LogP contribution in [0.2, 0.25) is 0 Å². The molecule has 0 aliphatic rings. The highest BCUT2D eigenvalue weighted by atomic mass is 79.9. The summed E-state index contributed by atoms with van der Waals surface area (Å²) in [6, 6.07) is 11.2. The summed E-state index contributed by atoms with van der Waals surface area (Å²) in [5.74, 6) is 0.574. The number of halogens is 1. The van der Waals surface area contributed by atoms with Crippen molar-refractivity contribution in [3.63, 3.8) is 0 Å². The zero-order chi connectivity index (χ0) is 15.0. The van der Waals surface area contributed by atoms with E-state index >= 15 is 0 Å². The minimum absolute atomic E-state index is 0.198. The molecule has 5 nitrogen and oxygen atoms in total. The molecular formula is C15H13BrN3O2. The third-order valence-corrected chi connectivity index (χ3v) is 3.65. The van der Waals surface area contributed by atoms with Crippen molar-refractivity contribution >= 4 is 15.9 Å². The Kier molecular flexibility index (Phi) is 3.65. The maximum Gasteiger partial charge on any atom is 0.265 e. The lowest BCUT2D eigenvalue weighted by Gasteiger charge is -2.10. The van der Waals surface area contributed by atoms with Crippen LogP contribution in [0.15, 0.2) is 33.2 Å². The molecule has 21 heavy (non-hydrogen) atoms. The van der Waals surface area contributed by atoms with Gasteiger partial charge in [0.05, 0.1) is 0 Å². The number of hydrogen-bond acceptors (Lipinski definition) is 4. The lowest BCUT2D eigenvalue weighted by molar-refractivity contribution is 0.241. The van der Waals surface area contributed by atoms with E-state index in [0.29, 0.717) is 5.89 Å². The zero-order valence-corrected chi connectivity index (χ0v) is 13.2. The first-order chi connectivity index (χ1) is 10.1. The summed E-state index contributed by atoms with van der Waals surface area (Å²) in [6.07, 6.45) is 0. The van der Waals surface area contributed by atoms with Gasteiger partial charge in [0.1, 0.15) is 12.3 Å². The number of rotatable bonds is 3. The maximum atomic E-state index is 9.08. The molecule has 0 saturated heterocycles. The third kappa shape index (κ3) is 2.52. The molecule has 0 atom stereocenters. The first-order valence-electron chi connectivity index (χ1n) is 6.41. The molecule has 6 heteroatoms. The van der Waals surface area contributed by atoms with Gasteiger partial charge in [0.15, 0.2) is 0 Å². The molecule has 1 radical (unpaired) electrons. The Morgan fingerprint density at radius 2 is 2.14 bits per heavy atom. The standard InChI is InChI=1S/C15H13BrN3O2/c1-9-6-10(2)19(12-5-3-4-11(16)7-12)14(9)15-18-17-13(8-20)21-15/h3-5,7,20H,8H2,1-2H3. The molecule has 0 amide bonds. The molecule has 3 aromatic rings. The van der Waals surface area contributed by atoms with E-state index in [0.717, 1.165) is 27.1 Å². The fourth-order valence-electron chi connectivity index (χ4n) is 2.33. The normalized spacial score (nSPS) is 11.0. The van der Waals surface area contributed by atoms with Crippen molar-refractivity contribution in [1.82, 2.24) is 14.8 Å². The Morgan fingerprint density at radius 3 is 2.81 bits per heavy atom. The fraction of sp³-hybridized carbons (Fsp3) is 0.200. The van der Waals surface area contributed by atoms with E-state index in [1.165, 1.54) is 0 Å². The Labute approximate surface area is 130 Å². The van der Waals surface area contributed by atoms with Crippen LogP contribution in [0.3, 0.4) is 0 Å². The number of aliphatic hydroxyl groups excluding tert-OH is 1. The van der Waals surface area contributed by atoms with Crippen LogP contribution in [0.4, 0.5) is 0 Å². The van der Waals surface area contributed by atoms with Crippen molar-refractivity contribution in [2.45, 2.75) is 20.5 Å². The minimum Gasteiger partial charge on any atom is -0.417 e. The highest BCUT2D eigenvalue weighted by Gasteiger charge is 2.19. The highest BCUT2D eigenvalue weighted by molar-refractivity contribution is 9.10. The van der Waals surface area contributed by atoms with Crippen LogP contribution < -0.4 is 0 Å². The first kappa shape index (κ1) is 14.0. The third-order valence-electron chi connectivity index (χ3n) is 3.15. The lowest BCUT2D eigenvalue weighted by Crippen LogP contribution is -1.99. The van der Waals surface area contributed by atoms with Crippen molar-refractivity contribution in [3.05, 3.63) is 52.0 Å². The molecular weight excluding hydrogens is 334 g/mol. The van der Waals surface area contributed by atoms with E-state index in [1.807, 2.05) is 42.7 Å². The number of benzene rings is 1. The van der Waals surface area contributed by atoms with Gasteiger partial charge in [-0.1, -0.05) is 22.0 Å². The monoisotopic (exact) mass is 346 g/mol.